The molecule has 37 nitrogen and oxygen atoms in total. The van der Waals surface area contributed by atoms with Crippen molar-refractivity contribution in [2.24, 2.45) is 29.4 Å². The van der Waals surface area contributed by atoms with Crippen LogP contribution in [0.15, 0.2) is 79.0 Å². The van der Waals surface area contributed by atoms with E-state index in [1.165, 1.54) is 104 Å². The molecule has 1 fully saturated rings. The topological polar surface area (TPSA) is 496 Å². The van der Waals surface area contributed by atoms with Crippen LogP contribution in [0.1, 0.15) is 127 Å². The summed E-state index contributed by atoms with van der Waals surface area (Å²) in [5.74, 6) is -14.7. The highest BCUT2D eigenvalue weighted by Gasteiger charge is 2.48. The largest absolute Gasteiger partial charge is 0.508 e. The van der Waals surface area contributed by atoms with Gasteiger partial charge >= 0.3 is 30.1 Å². The average Bonchev–Trinajstić information content (AvgIpc) is 1.49. The summed E-state index contributed by atoms with van der Waals surface area (Å²) in [5.41, 5.74) is 5.98. The van der Waals surface area contributed by atoms with Crippen LogP contribution in [0.2, 0.25) is 0 Å². The highest BCUT2D eigenvalue weighted by atomic mass is 16.7. The molecule has 15 atom stereocenters. The van der Waals surface area contributed by atoms with Crippen LogP contribution in [0.4, 0.5) is 15.3 Å². The number of urea groups is 1. The molecule has 0 bridgehead atoms. The lowest BCUT2D eigenvalue weighted by molar-refractivity contribution is -0.177. The van der Waals surface area contributed by atoms with Crippen LogP contribution >= 0.6 is 0 Å². The maximum atomic E-state index is 15.7. The van der Waals surface area contributed by atoms with E-state index in [4.69, 9.17) is 38.9 Å². The van der Waals surface area contributed by atoms with Crippen molar-refractivity contribution in [2.45, 2.75) is 220 Å². The summed E-state index contributed by atoms with van der Waals surface area (Å²) in [7, 11) is 4.82. The van der Waals surface area contributed by atoms with E-state index in [1.54, 1.807) is 71.9 Å². The second kappa shape index (κ2) is 45.9. The molecule has 2 unspecified atom stereocenters. The maximum Gasteiger partial charge on any atom is 0.508 e. The van der Waals surface area contributed by atoms with Gasteiger partial charge in [0.25, 0.3) is 5.91 Å². The van der Waals surface area contributed by atoms with Gasteiger partial charge in [0.05, 0.1) is 31.1 Å². The molecule has 0 aromatic heterocycles. The van der Waals surface area contributed by atoms with Crippen LogP contribution in [-0.4, -0.2) is 265 Å². The second-order valence-corrected chi connectivity index (χ2v) is 29.1. The van der Waals surface area contributed by atoms with E-state index < -0.39 is 205 Å². The zero-order chi connectivity index (χ0) is 85.7. The Hall–Kier alpha value is -10.6. The van der Waals surface area contributed by atoms with E-state index in [-0.39, 0.29) is 75.7 Å². The predicted molar refractivity (Wildman–Crippen MR) is 410 cm³/mol. The highest BCUT2D eigenvalue weighted by molar-refractivity contribution is 5.99. The van der Waals surface area contributed by atoms with Crippen LogP contribution in [0.5, 0.6) is 0 Å². The number of hydrogen-bond acceptors (Lipinski definition) is 25. The molecule has 0 aliphatic carbocycles. The number of nitrogens with one attached hydrogen (secondary N) is 8. The number of nitrogens with two attached hydrogens (primary N) is 1. The van der Waals surface area contributed by atoms with Crippen LogP contribution in [-0.2, 0) is 109 Å². The molecule has 0 saturated carbocycles. The van der Waals surface area contributed by atoms with Gasteiger partial charge in [-0.2, -0.15) is 0 Å². The van der Waals surface area contributed by atoms with E-state index in [1.807, 2.05) is 0 Å². The number of esters is 3. The number of anilines is 1. The monoisotopic (exact) mass is 1610 g/mol. The first kappa shape index (κ1) is 95.7. The number of nitrogens with zero attached hydrogens (tertiary/aromatic N) is 4. The fraction of sp³-hybridized carbons (Fsp3) is 0.597. The number of rotatable bonds is 33. The van der Waals surface area contributed by atoms with E-state index in [0.29, 0.717) is 11.1 Å². The van der Waals surface area contributed by atoms with Crippen molar-refractivity contribution >= 4 is 94.9 Å². The van der Waals surface area contributed by atoms with Crippen LogP contribution in [0.3, 0.4) is 0 Å². The Morgan fingerprint density at radius 3 is 1.93 bits per heavy atom. The Kier molecular flexibility index (Phi) is 38.6. The van der Waals surface area contributed by atoms with Gasteiger partial charge in [-0.3, -0.25) is 53.3 Å². The average molecular weight is 1610 g/mol. The predicted octanol–water partition coefficient (Wildman–Crippen LogP) is 0.666. The zero-order valence-corrected chi connectivity index (χ0v) is 67.8. The fourth-order valence-electron chi connectivity index (χ4n) is 12.0. The molecule has 114 heavy (non-hydrogen) atoms. The molecule has 1 saturated heterocycles. The molecular weight excluding hydrogens is 1490 g/mol. The third kappa shape index (κ3) is 28.8. The summed E-state index contributed by atoms with van der Waals surface area (Å²) in [6.07, 6.45) is -10.2. The summed E-state index contributed by atoms with van der Waals surface area (Å²) in [5, 5.41) is 42.2. The van der Waals surface area contributed by atoms with E-state index in [0.717, 1.165) is 28.7 Å². The standard InChI is InChI=1S/C77H115N13O24/c1-19-54(92)84-61(65(43(8)9)114-77(107)110-39-50-27-29-51(30-28-50)82-68(98)52(26-23-34-79-76(78)106)83-69(99)58(40(2)3)85-55(93)33-36-109-37-35-90-56(94)31-32-57(90)95)74(104)112-63(41(4)5)59-72(102)89(17)62(47(13)108-18)75(105)113-64(42(6)7)60(81-48(14)91)73(103)111-53(38-49-24-21-20-22-25-49)71(101)88(16)45(11)66(96)80-44(10)70(100)87(15)46(12)67(97)86-59/h20-22,24-25,27-32,40-44,46-47,52-53,56,58-66,80,94,96H,11,19,23,26,33-39H2,1-10,12-18H3,(H,81,91)(H,82,98)(H,83,99)(H,84,92)(H,85,93)(H,86,97)(H3,78,79,106)/t44-,46-,47+,52-,53+,56?,58-,59-,60-,61-,62-,63+,64+,65+,66?/m0/s1. The first-order chi connectivity index (χ1) is 53.5. The summed E-state index contributed by atoms with van der Waals surface area (Å²) < 4.78 is 40.8. The van der Waals surface area contributed by atoms with Crippen molar-refractivity contribution in [3.8, 4) is 0 Å². The Bertz CT molecular complexity index is 3710. The van der Waals surface area contributed by atoms with E-state index in [2.05, 4.69) is 49.1 Å². The van der Waals surface area contributed by atoms with Gasteiger partial charge in [0.2, 0.25) is 53.2 Å². The molecule has 4 rings (SSSR count). The number of methoxy groups -OCH3 is 1. The van der Waals surface area contributed by atoms with Gasteiger partial charge in [-0.25, -0.2) is 24.0 Å². The Labute approximate surface area is 663 Å². The first-order valence-electron chi connectivity index (χ1n) is 37.6. The number of amides is 12. The van der Waals surface area contributed by atoms with Gasteiger partial charge in [-0.15, -0.1) is 0 Å². The lowest BCUT2D eigenvalue weighted by Crippen LogP contribution is -2.64. The van der Waals surface area contributed by atoms with Crippen molar-refractivity contribution in [3.63, 3.8) is 0 Å². The summed E-state index contributed by atoms with van der Waals surface area (Å²) >= 11 is 0. The minimum Gasteiger partial charge on any atom is -0.458 e. The summed E-state index contributed by atoms with van der Waals surface area (Å²) in [6.45, 7) is 22.6. The number of aliphatic hydroxyl groups is 2. The molecule has 2 aliphatic heterocycles. The smallest absolute Gasteiger partial charge is 0.458 e. The number of hydrogen-bond donors (Lipinski definition) is 11. The lowest BCUT2D eigenvalue weighted by atomic mass is 9.95. The number of benzene rings is 2. The zero-order valence-electron chi connectivity index (χ0n) is 67.8. The minimum atomic E-state index is -2.03. The maximum absolute atomic E-state index is 15.7. The Morgan fingerprint density at radius 2 is 1.37 bits per heavy atom. The third-order valence-electron chi connectivity index (χ3n) is 19.0. The fourth-order valence-corrected chi connectivity index (χ4v) is 12.0. The van der Waals surface area contributed by atoms with Crippen molar-refractivity contribution in [1.82, 2.24) is 56.8 Å². The number of likely N-dealkylation sites (N-methyl/N-ethyl adjacent to an activating group) is 3. The van der Waals surface area contributed by atoms with Crippen LogP contribution < -0.4 is 48.3 Å². The molecular formula is C77H115N13O24. The quantitative estimate of drug-likeness (QED) is 0.0266. The number of primary amides is 1. The van der Waals surface area contributed by atoms with Gasteiger partial charge in [-0.1, -0.05) is 111 Å². The number of ether oxygens (including phenoxy) is 7. The van der Waals surface area contributed by atoms with Gasteiger partial charge in [-0.05, 0) is 86.6 Å². The highest BCUT2D eigenvalue weighted by Crippen LogP contribution is 2.26. The summed E-state index contributed by atoms with van der Waals surface area (Å²) in [6, 6.07) is 0.669. The number of carbonyl (C=O) groups excluding carboxylic acids is 15. The molecule has 2 aromatic rings. The van der Waals surface area contributed by atoms with E-state index in [9.17, 15) is 67.7 Å². The normalized spacial score (nSPS) is 22.1. The molecule has 12 amide bonds. The van der Waals surface area contributed by atoms with Crippen LogP contribution in [0.25, 0.3) is 0 Å². The molecule has 2 aromatic carbocycles. The van der Waals surface area contributed by atoms with Crippen LogP contribution in [0, 0.1) is 23.7 Å². The lowest BCUT2D eigenvalue weighted by Gasteiger charge is -2.39. The van der Waals surface area contributed by atoms with Crippen molar-refractivity contribution in [3.05, 3.63) is 90.2 Å². The molecule has 12 N–H and O–H groups in total. The Morgan fingerprint density at radius 1 is 0.728 bits per heavy atom. The number of cyclic esters (lactones) is 2. The molecule has 2 aliphatic rings. The van der Waals surface area contributed by atoms with Gasteiger partial charge in [0.1, 0.15) is 61.5 Å². The van der Waals surface area contributed by atoms with Gasteiger partial charge < -0.3 is 106 Å². The molecule has 37 heteroatoms. The van der Waals surface area contributed by atoms with Gasteiger partial charge in [0.15, 0.2) is 24.2 Å². The van der Waals surface area contributed by atoms with Crippen molar-refractivity contribution < 1.29 is 115 Å². The first-order valence-corrected chi connectivity index (χ1v) is 37.6. The number of carbonyl (C=O) groups is 15. The van der Waals surface area contributed by atoms with E-state index >= 15 is 14.4 Å². The SMILES string of the molecule is C=C1C(O)N[C@@H](C)C(=O)N(C)[C@@H](C)C(=O)N[C@@H]([C@H](OC(=O)[C@@H](NC(=O)CC)[C@H](OC(=O)OCc2ccc(NC(=O)[C@H](CCCNC(N)=O)NC(=O)[C@@H](NC(=O)CCOCCN3C(=O)C=CC3O)C(C)C)cc2)C(C)C)C(C)C)C(=O)N(C)[C@@H]([C@@H](C)OC)C(=O)O[C@H](C(C)C)[C@H](NC(C)=O)C(=O)O[C@H](Cc2ccccc2)C(=O)N1C. The molecule has 632 valence electrons. The van der Waals surface area contributed by atoms with Crippen molar-refractivity contribution in [2.75, 3.05) is 59.9 Å². The summed E-state index contributed by atoms with van der Waals surface area (Å²) in [4.78, 5) is 212. The third-order valence-corrected chi connectivity index (χ3v) is 19.0. The number of aliphatic hydroxyl groups excluding tert-OH is 2. The molecule has 0 radical (unpaired) electrons. The van der Waals surface area contributed by atoms with Crippen molar-refractivity contribution in [1.29, 1.82) is 0 Å². The van der Waals surface area contributed by atoms with Gasteiger partial charge in [0, 0.05) is 79.3 Å². The minimum absolute atomic E-state index is 0.00851. The molecule has 2 heterocycles. The Balaban J connectivity index is 1.67. The molecule has 0 spiro atoms. The second-order valence-electron chi connectivity index (χ2n) is 29.1.